The van der Waals surface area contributed by atoms with Crippen LogP contribution in [0.5, 0.6) is 0 Å². The maximum Gasteiger partial charge on any atom is 0.307 e. The predicted molar refractivity (Wildman–Crippen MR) is 33.8 cm³/mol. The van der Waals surface area contributed by atoms with Gasteiger partial charge in [0.25, 0.3) is 6.08 Å². The summed E-state index contributed by atoms with van der Waals surface area (Å²) in [6.45, 7) is 5.44. The summed E-state index contributed by atoms with van der Waals surface area (Å²) >= 11 is 0. The van der Waals surface area contributed by atoms with Crippen LogP contribution in [0.3, 0.4) is 0 Å². The Morgan fingerprint density at radius 2 is 1.90 bits per heavy atom. The van der Waals surface area contributed by atoms with Gasteiger partial charge in [0.15, 0.2) is 0 Å². The molecule has 0 spiro atoms. The van der Waals surface area contributed by atoms with E-state index in [1.54, 1.807) is 0 Å². The van der Waals surface area contributed by atoms with Crippen LogP contribution in [-0.4, -0.2) is 11.1 Å². The average molecular weight is 150 g/mol. The molecule has 0 aliphatic heterocycles. The lowest BCUT2D eigenvalue weighted by Gasteiger charge is -1.75. The topological polar surface area (TPSA) is 37.3 Å². The Balaban J connectivity index is 0. The Kier molecular flexibility index (Phi) is 9.05. The number of carboxylic acid groups (broad SMARTS) is 1. The lowest BCUT2D eigenvalue weighted by molar-refractivity contribution is -0.135. The van der Waals surface area contributed by atoms with Crippen LogP contribution in [0.2, 0.25) is 0 Å². The van der Waals surface area contributed by atoms with Crippen molar-refractivity contribution in [3.05, 3.63) is 25.3 Å². The van der Waals surface area contributed by atoms with Crippen molar-refractivity contribution in [2.45, 2.75) is 6.42 Å². The molecular weight excluding hydrogens is 142 g/mol. The molecule has 2 nitrogen and oxygen atoms in total. The summed E-state index contributed by atoms with van der Waals surface area (Å²) in [7, 11) is 0. The van der Waals surface area contributed by atoms with Crippen molar-refractivity contribution >= 4 is 5.97 Å². The van der Waals surface area contributed by atoms with E-state index in [-0.39, 0.29) is 6.42 Å². The molecule has 0 saturated heterocycles. The molecular formula is C6H8F2O2. The quantitative estimate of drug-likeness (QED) is 0.611. The number of aliphatic carboxylic acids is 1. The highest BCUT2D eigenvalue weighted by molar-refractivity contribution is 5.68. The minimum Gasteiger partial charge on any atom is -0.481 e. The molecule has 0 saturated carbocycles. The molecule has 0 aliphatic rings. The van der Waals surface area contributed by atoms with Gasteiger partial charge in [-0.1, -0.05) is 6.08 Å². The van der Waals surface area contributed by atoms with E-state index in [4.69, 9.17) is 5.11 Å². The van der Waals surface area contributed by atoms with Gasteiger partial charge in [0.1, 0.15) is 0 Å². The average Bonchev–Trinajstić information content (AvgIpc) is 1.62. The molecule has 0 atom stereocenters. The van der Waals surface area contributed by atoms with E-state index in [2.05, 4.69) is 13.2 Å². The van der Waals surface area contributed by atoms with Crippen LogP contribution >= 0.6 is 0 Å². The summed E-state index contributed by atoms with van der Waals surface area (Å²) in [6, 6.07) is 0. The minimum atomic E-state index is -1.83. The van der Waals surface area contributed by atoms with Crippen molar-refractivity contribution < 1.29 is 18.7 Å². The highest BCUT2D eigenvalue weighted by atomic mass is 19.3. The van der Waals surface area contributed by atoms with Crippen LogP contribution in [0.25, 0.3) is 0 Å². The summed E-state index contributed by atoms with van der Waals surface area (Å²) in [6.07, 6.45) is -0.428. The van der Waals surface area contributed by atoms with Gasteiger partial charge in [-0.15, -0.1) is 6.58 Å². The van der Waals surface area contributed by atoms with Gasteiger partial charge >= 0.3 is 5.97 Å². The standard InChI is InChI=1S/C4H6O2.C2H2F2/c1-2-3-4(5)6;1-2(3)4/h2H,1,3H2,(H,5,6);1H2. The third-order valence-electron chi connectivity index (χ3n) is 0.319. The van der Waals surface area contributed by atoms with Crippen molar-refractivity contribution in [1.82, 2.24) is 0 Å². The summed E-state index contributed by atoms with van der Waals surface area (Å²) < 4.78 is 20.3. The smallest absolute Gasteiger partial charge is 0.307 e. The lowest BCUT2D eigenvalue weighted by atomic mass is 10.4. The highest BCUT2D eigenvalue weighted by Crippen LogP contribution is 1.85. The van der Waals surface area contributed by atoms with Gasteiger partial charge in [0.2, 0.25) is 0 Å². The molecule has 58 valence electrons. The molecule has 0 amide bonds. The molecule has 10 heavy (non-hydrogen) atoms. The molecule has 1 N–H and O–H groups in total. The van der Waals surface area contributed by atoms with E-state index >= 15 is 0 Å². The Hall–Kier alpha value is -1.19. The van der Waals surface area contributed by atoms with E-state index in [1.165, 1.54) is 6.08 Å². The maximum atomic E-state index is 10.1. The lowest BCUT2D eigenvalue weighted by Crippen LogP contribution is -1.88. The zero-order valence-electron chi connectivity index (χ0n) is 5.31. The summed E-state index contributed by atoms with van der Waals surface area (Å²) in [5.74, 6) is -0.829. The number of halogens is 2. The fourth-order valence-electron chi connectivity index (χ4n) is 0.123. The first-order valence-corrected chi connectivity index (χ1v) is 2.33. The predicted octanol–water partition coefficient (Wildman–Crippen LogP) is 2.04. The van der Waals surface area contributed by atoms with Gasteiger partial charge in [-0.05, 0) is 6.58 Å². The van der Waals surface area contributed by atoms with Crippen molar-refractivity contribution in [3.63, 3.8) is 0 Å². The fourth-order valence-corrected chi connectivity index (χ4v) is 0.123. The summed E-state index contributed by atoms with van der Waals surface area (Å²) in [4.78, 5) is 9.53. The van der Waals surface area contributed by atoms with Crippen LogP contribution < -0.4 is 0 Å². The number of carbonyl (C=O) groups is 1. The van der Waals surface area contributed by atoms with Crippen molar-refractivity contribution in [3.8, 4) is 0 Å². The highest BCUT2D eigenvalue weighted by Gasteiger charge is 1.84. The second-order valence-corrected chi connectivity index (χ2v) is 1.23. The Labute approximate surface area is 57.5 Å². The zero-order chi connectivity index (χ0) is 8.57. The molecule has 0 aromatic heterocycles. The molecule has 0 heterocycles. The zero-order valence-corrected chi connectivity index (χ0v) is 5.31. The SMILES string of the molecule is C=C(F)F.C=CCC(=O)O. The van der Waals surface area contributed by atoms with Gasteiger partial charge in [-0.3, -0.25) is 4.79 Å². The monoisotopic (exact) mass is 150 g/mol. The summed E-state index contributed by atoms with van der Waals surface area (Å²) in [5, 5.41) is 7.84. The number of hydrogen-bond acceptors (Lipinski definition) is 1. The molecule has 0 bridgehead atoms. The second-order valence-electron chi connectivity index (χ2n) is 1.23. The van der Waals surface area contributed by atoms with E-state index in [0.717, 1.165) is 0 Å². The van der Waals surface area contributed by atoms with Gasteiger partial charge < -0.3 is 5.11 Å². The molecule has 0 radical (unpaired) electrons. The number of rotatable bonds is 2. The second kappa shape index (κ2) is 7.81. The van der Waals surface area contributed by atoms with Crippen LogP contribution in [0.4, 0.5) is 8.78 Å². The minimum absolute atomic E-state index is 0.0556. The van der Waals surface area contributed by atoms with Crippen molar-refractivity contribution in [1.29, 1.82) is 0 Å². The van der Waals surface area contributed by atoms with E-state index in [0.29, 0.717) is 0 Å². The van der Waals surface area contributed by atoms with Crippen molar-refractivity contribution in [2.24, 2.45) is 0 Å². The van der Waals surface area contributed by atoms with Crippen LogP contribution in [0, 0.1) is 0 Å². The molecule has 4 heteroatoms. The first-order chi connectivity index (χ1) is 4.50. The molecule has 0 fully saturated rings. The normalized spacial score (nSPS) is 7.00. The van der Waals surface area contributed by atoms with E-state index < -0.39 is 12.0 Å². The molecule has 0 aliphatic carbocycles. The van der Waals surface area contributed by atoms with E-state index in [1.807, 2.05) is 0 Å². The Morgan fingerprint density at radius 3 is 1.90 bits per heavy atom. The van der Waals surface area contributed by atoms with Gasteiger partial charge in [-0.2, -0.15) is 8.78 Å². The van der Waals surface area contributed by atoms with Gasteiger partial charge in [-0.25, -0.2) is 0 Å². The van der Waals surface area contributed by atoms with Crippen LogP contribution in [0.15, 0.2) is 25.3 Å². The number of carboxylic acids is 1. The third kappa shape index (κ3) is 70.2. The molecule has 0 rings (SSSR count). The van der Waals surface area contributed by atoms with Crippen LogP contribution in [0.1, 0.15) is 6.42 Å². The van der Waals surface area contributed by atoms with Gasteiger partial charge in [0, 0.05) is 0 Å². The van der Waals surface area contributed by atoms with Gasteiger partial charge in [0.05, 0.1) is 6.42 Å². The maximum absolute atomic E-state index is 10.1. The third-order valence-corrected chi connectivity index (χ3v) is 0.319. The first kappa shape index (κ1) is 11.6. The van der Waals surface area contributed by atoms with E-state index in [9.17, 15) is 13.6 Å². The molecule has 0 aromatic rings. The van der Waals surface area contributed by atoms with Crippen LogP contribution in [-0.2, 0) is 4.79 Å². The number of hydrogen-bond donors (Lipinski definition) is 1. The molecule has 0 aromatic carbocycles. The first-order valence-electron chi connectivity index (χ1n) is 2.33. The Bertz CT molecular complexity index is 128. The largest absolute Gasteiger partial charge is 0.481 e. The molecule has 0 unspecified atom stereocenters. The summed E-state index contributed by atoms with van der Waals surface area (Å²) in [5.41, 5.74) is 0. The Morgan fingerprint density at radius 1 is 1.60 bits per heavy atom. The van der Waals surface area contributed by atoms with Crippen molar-refractivity contribution in [2.75, 3.05) is 0 Å². The fraction of sp³-hybridized carbons (Fsp3) is 0.167.